The average Bonchev–Trinajstić information content (AvgIpc) is 3.15. The molecule has 4 nitrogen and oxygen atoms in total. The van der Waals surface area contributed by atoms with Gasteiger partial charge in [-0.3, -0.25) is 10.0 Å². The van der Waals surface area contributed by atoms with E-state index in [9.17, 15) is 4.79 Å². The lowest BCUT2D eigenvalue weighted by atomic mass is 10.1. The van der Waals surface area contributed by atoms with Gasteiger partial charge in [0.1, 0.15) is 0 Å². The van der Waals surface area contributed by atoms with Crippen LogP contribution in [0.2, 0.25) is 0 Å². The number of fused-ring (bicyclic) bond motifs is 1. The number of rotatable bonds is 7. The zero-order valence-corrected chi connectivity index (χ0v) is 15.5. The zero-order valence-electron chi connectivity index (χ0n) is 14.7. The minimum atomic E-state index is -0.533. The van der Waals surface area contributed by atoms with E-state index in [4.69, 9.17) is 5.21 Å². The summed E-state index contributed by atoms with van der Waals surface area (Å²) in [4.78, 5) is 13.3. The molecule has 0 saturated heterocycles. The number of thiophene rings is 1. The van der Waals surface area contributed by atoms with Crippen molar-refractivity contribution in [3.63, 3.8) is 0 Å². The van der Waals surface area contributed by atoms with Crippen LogP contribution < -0.4 is 5.48 Å². The van der Waals surface area contributed by atoms with Crippen molar-refractivity contribution in [1.29, 1.82) is 0 Å². The summed E-state index contributed by atoms with van der Waals surface area (Å²) < 4.78 is 1.39. The van der Waals surface area contributed by atoms with Crippen molar-refractivity contribution in [3.8, 4) is 0 Å². The van der Waals surface area contributed by atoms with E-state index >= 15 is 0 Å². The molecule has 0 atom stereocenters. The summed E-state index contributed by atoms with van der Waals surface area (Å²) in [6, 6.07) is 16.8. The number of carbonyl (C=O) groups excluding carboxylic acids is 1. The number of nitrogens with one attached hydrogen (secondary N) is 1. The van der Waals surface area contributed by atoms with Crippen molar-refractivity contribution >= 4 is 33.4 Å². The fourth-order valence-corrected chi connectivity index (χ4v) is 3.84. The molecule has 1 amide bonds. The fraction of sp³-hybridized carbons (Fsp3) is 0.190. The molecule has 0 saturated carbocycles. The summed E-state index contributed by atoms with van der Waals surface area (Å²) in [7, 11) is 2.13. The van der Waals surface area contributed by atoms with E-state index in [1.807, 2.05) is 23.5 Å². The van der Waals surface area contributed by atoms with Crippen molar-refractivity contribution in [2.75, 3.05) is 13.6 Å². The molecule has 2 N–H and O–H groups in total. The molecule has 0 aliphatic heterocycles. The highest BCUT2D eigenvalue weighted by Gasteiger charge is 2.05. The smallest absolute Gasteiger partial charge is 0.267 e. The highest BCUT2D eigenvalue weighted by atomic mass is 32.1. The van der Waals surface area contributed by atoms with Crippen molar-refractivity contribution in [3.05, 3.63) is 76.7 Å². The molecule has 134 valence electrons. The fourth-order valence-electron chi connectivity index (χ4n) is 2.90. The molecule has 26 heavy (non-hydrogen) atoms. The summed E-state index contributed by atoms with van der Waals surface area (Å²) in [5, 5.41) is 12.0. The number of hydrogen-bond acceptors (Lipinski definition) is 4. The Bertz CT molecular complexity index is 900. The second-order valence-corrected chi connectivity index (χ2v) is 7.21. The molecular weight excluding hydrogens is 344 g/mol. The van der Waals surface area contributed by atoms with E-state index in [0.717, 1.165) is 25.1 Å². The number of amides is 1. The predicted octanol–water partition coefficient (Wildman–Crippen LogP) is 4.09. The van der Waals surface area contributed by atoms with Crippen LogP contribution in [0.3, 0.4) is 0 Å². The topological polar surface area (TPSA) is 52.6 Å². The summed E-state index contributed by atoms with van der Waals surface area (Å²) in [6.45, 7) is 1.87. The number of hydrogen-bond donors (Lipinski definition) is 2. The van der Waals surface area contributed by atoms with Gasteiger partial charge in [-0.25, -0.2) is 5.48 Å². The van der Waals surface area contributed by atoms with Gasteiger partial charge >= 0.3 is 0 Å². The molecule has 2 aromatic carbocycles. The summed E-state index contributed by atoms with van der Waals surface area (Å²) >= 11 is 1.81. The van der Waals surface area contributed by atoms with Gasteiger partial charge in [-0.1, -0.05) is 42.5 Å². The maximum absolute atomic E-state index is 11.0. The van der Waals surface area contributed by atoms with Gasteiger partial charge < -0.3 is 4.90 Å². The molecule has 0 radical (unpaired) electrons. The van der Waals surface area contributed by atoms with Crippen LogP contribution in [0, 0.1) is 0 Å². The maximum Gasteiger partial charge on any atom is 0.267 e. The van der Waals surface area contributed by atoms with E-state index in [1.54, 1.807) is 11.6 Å². The van der Waals surface area contributed by atoms with Crippen LogP contribution in [-0.2, 0) is 17.8 Å². The lowest BCUT2D eigenvalue weighted by Gasteiger charge is -2.17. The first-order valence-corrected chi connectivity index (χ1v) is 9.38. The number of likely N-dealkylation sites (N-methyl/N-ethyl adjacent to an activating group) is 1. The van der Waals surface area contributed by atoms with Gasteiger partial charge in [0.15, 0.2) is 0 Å². The van der Waals surface area contributed by atoms with E-state index in [2.05, 4.69) is 53.7 Å². The molecule has 3 rings (SSSR count). The lowest BCUT2D eigenvalue weighted by Crippen LogP contribution is -2.20. The first kappa shape index (κ1) is 18.3. The average molecular weight is 366 g/mol. The third-order valence-corrected chi connectivity index (χ3v) is 5.30. The quantitative estimate of drug-likeness (QED) is 0.376. The van der Waals surface area contributed by atoms with Crippen LogP contribution in [0.4, 0.5) is 0 Å². The zero-order chi connectivity index (χ0) is 18.4. The van der Waals surface area contributed by atoms with Crippen molar-refractivity contribution < 1.29 is 10.0 Å². The highest BCUT2D eigenvalue weighted by Crippen LogP contribution is 2.25. The molecular formula is C21H22N2O2S. The number of carbonyl (C=O) groups is 1. The van der Waals surface area contributed by atoms with Crippen LogP contribution >= 0.6 is 11.3 Å². The van der Waals surface area contributed by atoms with Crippen LogP contribution in [0.15, 0.2) is 60.0 Å². The predicted molar refractivity (Wildman–Crippen MR) is 107 cm³/mol. The molecule has 0 aliphatic rings. The summed E-state index contributed by atoms with van der Waals surface area (Å²) in [5.41, 5.74) is 5.14. The Kier molecular flexibility index (Phi) is 6.17. The largest absolute Gasteiger partial charge is 0.302 e. The van der Waals surface area contributed by atoms with Gasteiger partial charge in [-0.05, 0) is 53.1 Å². The molecule has 0 spiro atoms. The molecule has 3 aromatic rings. The Morgan fingerprint density at radius 1 is 1.19 bits per heavy atom. The Balaban J connectivity index is 1.55. The molecule has 5 heteroatoms. The van der Waals surface area contributed by atoms with Crippen molar-refractivity contribution in [2.24, 2.45) is 0 Å². The van der Waals surface area contributed by atoms with Gasteiger partial charge in [0.05, 0.1) is 0 Å². The van der Waals surface area contributed by atoms with E-state index < -0.39 is 5.91 Å². The van der Waals surface area contributed by atoms with Gasteiger partial charge in [0, 0.05) is 23.9 Å². The second-order valence-electron chi connectivity index (χ2n) is 6.29. The van der Waals surface area contributed by atoms with Gasteiger partial charge in [0.2, 0.25) is 0 Å². The van der Waals surface area contributed by atoms with Crippen LogP contribution in [0.5, 0.6) is 0 Å². The van der Waals surface area contributed by atoms with E-state index in [0.29, 0.717) is 0 Å². The SMILES string of the molecule is CN(CCc1cccc2ccsc12)Cc1ccc(/C=C/C(=O)NO)cc1. The molecule has 0 fully saturated rings. The molecule has 1 heterocycles. The summed E-state index contributed by atoms with van der Waals surface area (Å²) in [6.07, 6.45) is 4.00. The minimum Gasteiger partial charge on any atom is -0.302 e. The van der Waals surface area contributed by atoms with Gasteiger partial charge in [-0.15, -0.1) is 11.3 Å². The number of nitrogens with zero attached hydrogens (tertiary/aromatic N) is 1. The standard InChI is InChI=1S/C21H22N2O2S/c1-23(13-11-18-3-2-4-19-12-14-26-21(18)19)15-17-7-5-16(6-8-17)9-10-20(24)22-25/h2-10,12,14,25H,11,13,15H2,1H3,(H,22,24)/b10-9+. The lowest BCUT2D eigenvalue weighted by molar-refractivity contribution is -0.124. The number of hydroxylamine groups is 1. The van der Waals surface area contributed by atoms with Crippen LogP contribution in [-0.4, -0.2) is 29.6 Å². The summed E-state index contributed by atoms with van der Waals surface area (Å²) in [5.74, 6) is -0.533. The Hall–Kier alpha value is -2.47. The maximum atomic E-state index is 11.0. The highest BCUT2D eigenvalue weighted by molar-refractivity contribution is 7.17. The van der Waals surface area contributed by atoms with Crippen LogP contribution in [0.1, 0.15) is 16.7 Å². The minimum absolute atomic E-state index is 0.533. The normalized spacial score (nSPS) is 11.5. The number of benzene rings is 2. The molecule has 0 unspecified atom stereocenters. The van der Waals surface area contributed by atoms with Crippen LogP contribution in [0.25, 0.3) is 16.2 Å². The van der Waals surface area contributed by atoms with Crippen molar-refractivity contribution in [1.82, 2.24) is 10.4 Å². The molecule has 1 aromatic heterocycles. The monoisotopic (exact) mass is 366 g/mol. The Morgan fingerprint density at radius 3 is 2.77 bits per heavy atom. The van der Waals surface area contributed by atoms with Crippen molar-refractivity contribution in [2.45, 2.75) is 13.0 Å². The van der Waals surface area contributed by atoms with Gasteiger partial charge in [0.25, 0.3) is 5.91 Å². The first-order chi connectivity index (χ1) is 12.7. The van der Waals surface area contributed by atoms with E-state index in [1.165, 1.54) is 27.3 Å². The Morgan fingerprint density at radius 2 is 2.00 bits per heavy atom. The third kappa shape index (κ3) is 4.79. The first-order valence-electron chi connectivity index (χ1n) is 8.50. The molecule has 0 aliphatic carbocycles. The third-order valence-electron chi connectivity index (χ3n) is 4.29. The second kappa shape index (κ2) is 8.76. The Labute approximate surface area is 157 Å². The van der Waals surface area contributed by atoms with E-state index in [-0.39, 0.29) is 0 Å². The van der Waals surface area contributed by atoms with Gasteiger partial charge in [-0.2, -0.15) is 0 Å². The molecule has 0 bridgehead atoms.